The molecule has 0 atom stereocenters. The van der Waals surface area contributed by atoms with Gasteiger partial charge in [-0.3, -0.25) is 14.2 Å². The average Bonchev–Trinajstić information content (AvgIpc) is 3.31. The summed E-state index contributed by atoms with van der Waals surface area (Å²) < 4.78 is 31.5. The fourth-order valence-electron chi connectivity index (χ4n) is 4.73. The van der Waals surface area contributed by atoms with Gasteiger partial charge in [0, 0.05) is 25.0 Å². The Bertz CT molecular complexity index is 1240. The molecule has 9 heteroatoms. The van der Waals surface area contributed by atoms with Crippen LogP contribution < -0.4 is 4.90 Å². The normalized spacial score (nSPS) is 17.0. The van der Waals surface area contributed by atoms with Gasteiger partial charge in [0.2, 0.25) is 5.91 Å². The first kappa shape index (κ1) is 24.4. The third-order valence-corrected chi connectivity index (χ3v) is 6.57. The molecule has 8 nitrogen and oxygen atoms in total. The molecule has 2 aliphatic rings. The van der Waals surface area contributed by atoms with Crippen molar-refractivity contribution in [2.24, 2.45) is 5.92 Å². The Morgan fingerprint density at radius 1 is 1.15 bits per heavy atom. The molecule has 0 spiro atoms. The number of benzene rings is 2. The van der Waals surface area contributed by atoms with Gasteiger partial charge in [0.05, 0.1) is 24.1 Å². The molecule has 3 aromatic rings. The number of nitrogens with zero attached hydrogens (tertiary/aromatic N) is 3. The summed E-state index contributed by atoms with van der Waals surface area (Å²) in [6.45, 7) is 3.39. The highest BCUT2D eigenvalue weighted by molar-refractivity contribution is 7.85. The highest BCUT2D eigenvalue weighted by Crippen LogP contribution is 2.34. The first-order valence-electron chi connectivity index (χ1n) is 11.5. The maximum atomic E-state index is 12.0. The highest BCUT2D eigenvalue weighted by Gasteiger charge is 2.26. The van der Waals surface area contributed by atoms with Gasteiger partial charge < -0.3 is 9.42 Å². The van der Waals surface area contributed by atoms with Crippen molar-refractivity contribution in [3.8, 4) is 0 Å². The van der Waals surface area contributed by atoms with Crippen molar-refractivity contribution < 1.29 is 22.3 Å². The molecule has 1 N–H and O–H groups in total. The number of aryl methyl sites for hydroxylation is 1. The van der Waals surface area contributed by atoms with Crippen LogP contribution in [-0.4, -0.2) is 55.3 Å². The van der Waals surface area contributed by atoms with E-state index in [0.717, 1.165) is 53.2 Å². The monoisotopic (exact) mass is 485 g/mol. The van der Waals surface area contributed by atoms with Gasteiger partial charge in [0.1, 0.15) is 0 Å². The fourth-order valence-corrected chi connectivity index (χ4v) is 4.73. The van der Waals surface area contributed by atoms with E-state index in [1.807, 2.05) is 13.1 Å². The average molecular weight is 486 g/mol. The quantitative estimate of drug-likeness (QED) is 0.550. The van der Waals surface area contributed by atoms with Crippen molar-refractivity contribution in [2.75, 3.05) is 31.3 Å². The van der Waals surface area contributed by atoms with E-state index < -0.39 is 10.1 Å². The summed E-state index contributed by atoms with van der Waals surface area (Å²) in [6, 6.07) is 14.8. The second-order valence-electron chi connectivity index (χ2n) is 9.21. The van der Waals surface area contributed by atoms with E-state index in [2.05, 4.69) is 46.5 Å². The van der Waals surface area contributed by atoms with Gasteiger partial charge in [0.15, 0.2) is 5.58 Å². The summed E-state index contributed by atoms with van der Waals surface area (Å²) in [5.41, 5.74) is 5.27. The maximum Gasteiger partial charge on any atom is 0.261 e. The number of hydrogen-bond donors (Lipinski definition) is 1. The van der Waals surface area contributed by atoms with Crippen LogP contribution in [0, 0.1) is 5.92 Å². The number of hydrogen-bond acceptors (Lipinski definition) is 6. The summed E-state index contributed by atoms with van der Waals surface area (Å²) in [4.78, 5) is 16.2. The van der Waals surface area contributed by atoms with E-state index in [1.54, 1.807) is 4.90 Å². The molecule has 1 fully saturated rings. The summed E-state index contributed by atoms with van der Waals surface area (Å²) in [6.07, 6.45) is 5.78. The summed E-state index contributed by atoms with van der Waals surface area (Å²) >= 11 is 0. The first-order valence-corrected chi connectivity index (χ1v) is 13.4. The van der Waals surface area contributed by atoms with E-state index in [1.165, 1.54) is 31.5 Å². The van der Waals surface area contributed by atoms with Crippen LogP contribution in [0.1, 0.15) is 36.1 Å². The van der Waals surface area contributed by atoms with Crippen molar-refractivity contribution in [3.05, 3.63) is 59.3 Å². The third kappa shape index (κ3) is 6.22. The number of carbonyl (C=O) groups is 1. The second kappa shape index (κ2) is 10.2. The van der Waals surface area contributed by atoms with Gasteiger partial charge in [-0.25, -0.2) is 0 Å². The molecular weight excluding hydrogens is 454 g/mol. The lowest BCUT2D eigenvalue weighted by Gasteiger charge is -2.31. The van der Waals surface area contributed by atoms with Crippen LogP contribution in [0.2, 0.25) is 0 Å². The minimum Gasteiger partial charge on any atom is -0.356 e. The molecular formula is C25H31N3O5S. The lowest BCUT2D eigenvalue weighted by atomic mass is 9.91. The Hall–Kier alpha value is -2.75. The van der Waals surface area contributed by atoms with Crippen LogP contribution in [0.4, 0.5) is 5.69 Å². The smallest absolute Gasteiger partial charge is 0.261 e. The van der Waals surface area contributed by atoms with Crippen LogP contribution in [-0.2, 0) is 34.3 Å². The number of fused-ring (bicyclic) bond motifs is 2. The van der Waals surface area contributed by atoms with E-state index >= 15 is 0 Å². The Balaban J connectivity index is 0.000000499. The first-order chi connectivity index (χ1) is 16.2. The molecule has 0 radical (unpaired) electrons. The van der Waals surface area contributed by atoms with Crippen molar-refractivity contribution in [3.63, 3.8) is 0 Å². The molecule has 5 rings (SSSR count). The summed E-state index contributed by atoms with van der Waals surface area (Å²) in [5.74, 6) is 0.889. The zero-order chi connectivity index (χ0) is 24.3. The molecule has 0 bridgehead atoms. The van der Waals surface area contributed by atoms with Crippen molar-refractivity contribution in [1.82, 2.24) is 10.1 Å². The van der Waals surface area contributed by atoms with E-state index in [-0.39, 0.29) is 5.91 Å². The summed E-state index contributed by atoms with van der Waals surface area (Å²) in [7, 11) is -1.85. The van der Waals surface area contributed by atoms with Crippen LogP contribution in [0.3, 0.4) is 0 Å². The molecule has 1 aromatic heterocycles. The zero-order valence-corrected chi connectivity index (χ0v) is 20.4. The van der Waals surface area contributed by atoms with Crippen LogP contribution in [0.15, 0.2) is 47.0 Å². The van der Waals surface area contributed by atoms with Gasteiger partial charge in [-0.15, -0.1) is 0 Å². The Morgan fingerprint density at radius 2 is 1.82 bits per heavy atom. The maximum absolute atomic E-state index is 12.0. The Morgan fingerprint density at radius 3 is 2.50 bits per heavy atom. The number of carbonyl (C=O) groups excluding carboxylic acids is 1. The van der Waals surface area contributed by atoms with Crippen molar-refractivity contribution >= 4 is 32.7 Å². The van der Waals surface area contributed by atoms with Gasteiger partial charge in [-0.05, 0) is 61.9 Å². The van der Waals surface area contributed by atoms with Gasteiger partial charge in [0.25, 0.3) is 10.1 Å². The largest absolute Gasteiger partial charge is 0.356 e. The number of anilines is 1. The number of piperidine rings is 1. The number of rotatable bonds is 5. The van der Waals surface area contributed by atoms with Crippen LogP contribution in [0.25, 0.3) is 11.0 Å². The molecule has 34 heavy (non-hydrogen) atoms. The molecule has 3 heterocycles. The molecule has 1 amide bonds. The molecule has 0 saturated carbocycles. The van der Waals surface area contributed by atoms with Crippen molar-refractivity contribution in [1.29, 1.82) is 0 Å². The predicted octanol–water partition coefficient (Wildman–Crippen LogP) is 3.70. The minimum atomic E-state index is -3.67. The molecule has 0 unspecified atom stereocenters. The van der Waals surface area contributed by atoms with E-state index in [4.69, 9.17) is 9.08 Å². The highest BCUT2D eigenvalue weighted by atomic mass is 32.2. The predicted molar refractivity (Wildman–Crippen MR) is 131 cm³/mol. The number of likely N-dealkylation sites (tertiary alicyclic amines) is 1. The SMILES string of the molecule is CN1C(=O)Cc2cc3c(CCC4CCN(Cc5ccccc5)CC4)noc3cc21.CS(=O)(=O)O. The number of likely N-dealkylation sites (N-methyl/N-ethyl adjacent to an activating group) is 1. The Labute approximate surface area is 200 Å². The third-order valence-electron chi connectivity index (χ3n) is 6.57. The molecule has 182 valence electrons. The lowest BCUT2D eigenvalue weighted by molar-refractivity contribution is -0.117. The molecule has 0 aliphatic carbocycles. The van der Waals surface area contributed by atoms with Crippen molar-refractivity contribution in [2.45, 2.75) is 38.6 Å². The second-order valence-corrected chi connectivity index (χ2v) is 10.7. The van der Waals surface area contributed by atoms with Crippen LogP contribution >= 0.6 is 0 Å². The molecule has 1 saturated heterocycles. The summed E-state index contributed by atoms with van der Waals surface area (Å²) in [5, 5.41) is 5.42. The molecule has 2 aliphatic heterocycles. The topological polar surface area (TPSA) is 104 Å². The van der Waals surface area contributed by atoms with Gasteiger partial charge >= 0.3 is 0 Å². The number of aromatic nitrogens is 1. The van der Waals surface area contributed by atoms with E-state index in [9.17, 15) is 13.2 Å². The van der Waals surface area contributed by atoms with Gasteiger partial charge in [-0.2, -0.15) is 8.42 Å². The van der Waals surface area contributed by atoms with Crippen LogP contribution in [0.5, 0.6) is 0 Å². The minimum absolute atomic E-state index is 0.143. The number of amides is 1. The standard InChI is InChI=1S/C24H27N3O2.CH4O3S/c1-26-22-15-23-20(13-19(22)14-24(26)28)21(25-29-23)8-7-17-9-11-27(12-10-17)16-18-5-3-2-4-6-18;1-5(2,3)4/h2-6,13,15,17H,7-12,14,16H2,1H3;1H3,(H,2,3,4). The Kier molecular flexibility index (Phi) is 7.35. The molecule has 2 aromatic carbocycles. The van der Waals surface area contributed by atoms with E-state index in [0.29, 0.717) is 12.7 Å². The zero-order valence-electron chi connectivity index (χ0n) is 19.6. The van der Waals surface area contributed by atoms with Gasteiger partial charge in [-0.1, -0.05) is 35.5 Å². The fraction of sp³-hybridized carbons (Fsp3) is 0.440. The lowest BCUT2D eigenvalue weighted by Crippen LogP contribution is -2.33.